The number of benzene rings is 12. The molecular formula is C103H75Ir4N9O5-6. The van der Waals surface area contributed by atoms with E-state index in [2.05, 4.69) is 194 Å². The van der Waals surface area contributed by atoms with Gasteiger partial charge in [0, 0.05) is 128 Å². The Morgan fingerprint density at radius 1 is 0.314 bits per heavy atom. The summed E-state index contributed by atoms with van der Waals surface area (Å²) in [7, 11) is 0. The van der Waals surface area contributed by atoms with Gasteiger partial charge in [-0.2, -0.15) is 11.6 Å². The summed E-state index contributed by atoms with van der Waals surface area (Å²) in [4.78, 5) is 59.9. The first-order chi connectivity index (χ1) is 57.3. The molecule has 0 amide bonds. The van der Waals surface area contributed by atoms with Crippen molar-refractivity contribution >= 4 is 98.7 Å². The zero-order valence-corrected chi connectivity index (χ0v) is 75.3. The fraction of sp³-hybridized carbons (Fsp3) is 0.0388. The Kier molecular flexibility index (Phi) is 35.6. The number of allylic oxidation sites excluding steroid dienone is 4. The molecule has 4 radical (unpaired) electrons. The molecule has 0 aliphatic heterocycles. The first-order valence-corrected chi connectivity index (χ1v) is 37.5. The summed E-state index contributed by atoms with van der Waals surface area (Å²) in [6.45, 7) is 5.70. The number of oxazole rings is 1. The van der Waals surface area contributed by atoms with Crippen LogP contribution in [0.2, 0.25) is 0 Å². The molecule has 12 aromatic carbocycles. The predicted octanol–water partition coefficient (Wildman–Crippen LogP) is 24.4. The van der Waals surface area contributed by atoms with Gasteiger partial charge in [-0.15, -0.1) is 156 Å². The first-order valence-electron chi connectivity index (χ1n) is 37.5. The Hall–Kier alpha value is -13.1. The van der Waals surface area contributed by atoms with Crippen LogP contribution in [0.3, 0.4) is 0 Å². The van der Waals surface area contributed by atoms with Crippen molar-refractivity contribution in [2.24, 2.45) is 0 Å². The van der Waals surface area contributed by atoms with Crippen LogP contribution in [0.5, 0.6) is 0 Å². The van der Waals surface area contributed by atoms with Crippen molar-refractivity contribution in [1.29, 1.82) is 0 Å². The first kappa shape index (κ1) is 91.8. The second-order valence-corrected chi connectivity index (χ2v) is 26.3. The van der Waals surface area contributed by atoms with E-state index in [9.17, 15) is 9.59 Å². The standard InChI is InChI=1S/2C19H12N.C18H11N2.C14H9N2.C13H8NO.C10H7N2.2C5H8O2.4Ir/c1-3-9-16-14(6-1)8-5-10-17(16)19-13-12-15-7-2-4-11-18(15)20-19;1-2-8-14(9-3-1)19-17-12-5-4-10-15(17)16-11-6-7-13-18(16)20-19;1-2-9-16-13(5-1)10-11-17(20-16)15-8-3-6-14-7-4-12-19-18(14)15;1-2-4-13-11(3-1)5-6-14(16-13)12-7-9-15-10-8-12;1-2-6-10(7-3-1)13-14-11-8-4-5-9-12(11)15-13;1-2-4-9(5-3-1)10-8-11-6-7-12-10;2*1-4(6)3-5(2)7;;;;/h1-9,11-13H;1-8,10-13H;1-7,9-12H;1-7,9-10H;1-6,8-9H;1-4,6-8H;2*3,6H,1-2H3;;;;/q6*-1;;;;;;. The number of rotatable bonds is 8. The van der Waals surface area contributed by atoms with Crippen molar-refractivity contribution in [3.63, 3.8) is 0 Å². The van der Waals surface area contributed by atoms with Crippen LogP contribution in [-0.2, 0) is 90.0 Å². The van der Waals surface area contributed by atoms with E-state index < -0.39 is 0 Å². The van der Waals surface area contributed by atoms with Crippen molar-refractivity contribution in [3.05, 3.63) is 419 Å². The molecule has 20 aromatic rings. The minimum atomic E-state index is -0.125. The summed E-state index contributed by atoms with van der Waals surface area (Å²) in [6.07, 6.45) is 12.6. The molecule has 8 heterocycles. The van der Waals surface area contributed by atoms with E-state index >= 15 is 0 Å². The molecule has 8 aromatic heterocycles. The summed E-state index contributed by atoms with van der Waals surface area (Å²) >= 11 is 0. The van der Waals surface area contributed by atoms with Gasteiger partial charge < -0.3 is 29.6 Å². The molecule has 604 valence electrons. The minimum absolute atomic E-state index is 0. The molecule has 121 heavy (non-hydrogen) atoms. The molecule has 0 saturated heterocycles. The van der Waals surface area contributed by atoms with Crippen molar-refractivity contribution in [2.75, 3.05) is 0 Å². The topological polar surface area (TPSA) is 204 Å². The van der Waals surface area contributed by atoms with Gasteiger partial charge in [-0.1, -0.05) is 198 Å². The summed E-state index contributed by atoms with van der Waals surface area (Å²) in [5, 5.41) is 27.3. The Morgan fingerprint density at radius 3 is 1.31 bits per heavy atom. The Labute approximate surface area is 755 Å². The average Bonchev–Trinajstić information content (AvgIpc) is 1.71. The number of hydrogen-bond donors (Lipinski definition) is 2. The van der Waals surface area contributed by atoms with Crippen LogP contribution in [0.15, 0.2) is 387 Å². The molecule has 0 atom stereocenters. The van der Waals surface area contributed by atoms with Crippen molar-refractivity contribution < 1.29 is 105 Å². The summed E-state index contributed by atoms with van der Waals surface area (Å²) in [6, 6.07) is 126. The predicted molar refractivity (Wildman–Crippen MR) is 471 cm³/mol. The number of hydrogen-bond acceptors (Lipinski definition) is 14. The van der Waals surface area contributed by atoms with Gasteiger partial charge in [-0.25, -0.2) is 0 Å². The molecule has 0 unspecified atom stereocenters. The second-order valence-electron chi connectivity index (χ2n) is 26.3. The Morgan fingerprint density at radius 2 is 0.777 bits per heavy atom. The van der Waals surface area contributed by atoms with Gasteiger partial charge in [0.1, 0.15) is 11.5 Å². The molecule has 0 fully saturated rings. The number of para-hydroxylation sites is 6. The third-order valence-corrected chi connectivity index (χ3v) is 17.7. The normalized spacial score (nSPS) is 10.4. The van der Waals surface area contributed by atoms with Crippen LogP contribution in [0.25, 0.3) is 155 Å². The number of aliphatic hydroxyl groups is 2. The number of ketones is 2. The van der Waals surface area contributed by atoms with E-state index in [1.54, 1.807) is 37.2 Å². The molecule has 2 N–H and O–H groups in total. The third-order valence-electron chi connectivity index (χ3n) is 17.7. The van der Waals surface area contributed by atoms with E-state index in [0.717, 1.165) is 122 Å². The number of pyridine rings is 6. The molecule has 0 aliphatic carbocycles. The number of carbonyl (C=O) groups is 2. The van der Waals surface area contributed by atoms with Crippen LogP contribution < -0.4 is 0 Å². The summed E-state index contributed by atoms with van der Waals surface area (Å²) in [5.74, 6) is 0.497. The van der Waals surface area contributed by atoms with Gasteiger partial charge in [0.05, 0.1) is 39.1 Å². The minimum Gasteiger partial charge on any atom is -0.512 e. The zero-order chi connectivity index (χ0) is 80.9. The average molecular weight is 2290 g/mol. The SMILES string of the molecule is CC(=O)C=C(C)O.CC(=O)C=C(C)O.[Ir].[Ir].[Ir].[Ir].[c-]1ccc2ccccc2c1-c1ccc2ccccc2n1.[c-]1ccc2cccnc2c1-c1ccc2ccccc2n1.[c-]1ccccc1-c1cnccn1.[c-]1ccccc1-c1nc2ccccc2c2ccccc12.[c-]1ccccc1-c1nc2ccccc2o1.[c-]1cnccc1-c1ccc2ccccc2n1. The van der Waals surface area contributed by atoms with Gasteiger partial charge in [0.2, 0.25) is 0 Å². The number of aliphatic hydroxyl groups excluding tert-OH is 2. The van der Waals surface area contributed by atoms with Crippen molar-refractivity contribution in [1.82, 2.24) is 44.9 Å². The van der Waals surface area contributed by atoms with Gasteiger partial charge >= 0.3 is 0 Å². The second kappa shape index (κ2) is 46.9. The summed E-state index contributed by atoms with van der Waals surface area (Å²) < 4.78 is 5.61. The van der Waals surface area contributed by atoms with Crippen LogP contribution in [0.1, 0.15) is 27.7 Å². The molecule has 0 saturated carbocycles. The van der Waals surface area contributed by atoms with E-state index in [1.807, 2.05) is 194 Å². The molecule has 18 heteroatoms. The Bertz CT molecular complexity index is 6520. The maximum atomic E-state index is 10.0. The maximum absolute atomic E-state index is 10.0. The third kappa shape index (κ3) is 25.7. The van der Waals surface area contributed by atoms with Gasteiger partial charge in [0.15, 0.2) is 11.6 Å². The van der Waals surface area contributed by atoms with Crippen LogP contribution in [0.4, 0.5) is 0 Å². The maximum Gasteiger partial charge on any atom is 0.155 e. The van der Waals surface area contributed by atoms with E-state index in [4.69, 9.17) is 29.6 Å². The van der Waals surface area contributed by atoms with Crippen LogP contribution >= 0.6 is 0 Å². The van der Waals surface area contributed by atoms with Crippen molar-refractivity contribution in [3.8, 4) is 67.7 Å². The van der Waals surface area contributed by atoms with Gasteiger partial charge in [-0.05, 0) is 138 Å². The number of fused-ring (bicyclic) bond motifs is 9. The Balaban J connectivity index is 0.000000160. The fourth-order valence-corrected chi connectivity index (χ4v) is 12.5. The fourth-order valence-electron chi connectivity index (χ4n) is 12.5. The smallest absolute Gasteiger partial charge is 0.155 e. The molecule has 0 bridgehead atoms. The molecule has 20 rings (SSSR count). The number of nitrogens with zero attached hydrogens (tertiary/aromatic N) is 9. The van der Waals surface area contributed by atoms with E-state index in [-0.39, 0.29) is 104 Å². The quantitative estimate of drug-likeness (QED) is 0.0629. The molecular weight excluding hydrogens is 2210 g/mol. The molecule has 0 spiro atoms. The van der Waals surface area contributed by atoms with Crippen LogP contribution in [-0.4, -0.2) is 66.6 Å². The monoisotopic (exact) mass is 2290 g/mol. The summed E-state index contributed by atoms with van der Waals surface area (Å²) in [5.41, 5.74) is 17.2. The van der Waals surface area contributed by atoms with Gasteiger partial charge in [-0.3, -0.25) is 39.5 Å². The van der Waals surface area contributed by atoms with E-state index in [0.29, 0.717) is 5.89 Å². The molecule has 14 nitrogen and oxygen atoms in total. The largest absolute Gasteiger partial charge is 0.512 e. The number of aromatic nitrogens is 9. The van der Waals surface area contributed by atoms with Gasteiger partial charge in [0.25, 0.3) is 0 Å². The number of carbonyl (C=O) groups excluding carboxylic acids is 2. The zero-order valence-electron chi connectivity index (χ0n) is 65.7. The molecule has 0 aliphatic rings. The van der Waals surface area contributed by atoms with Crippen LogP contribution in [0, 0.1) is 36.4 Å². The van der Waals surface area contributed by atoms with E-state index in [1.165, 1.54) is 66.8 Å². The van der Waals surface area contributed by atoms with Crippen molar-refractivity contribution in [2.45, 2.75) is 27.7 Å².